The number of halogens is 3. The third kappa shape index (κ3) is 4.28. The van der Waals surface area contributed by atoms with Crippen LogP contribution in [0, 0.1) is 0 Å². The quantitative estimate of drug-likeness (QED) is 0.843. The van der Waals surface area contributed by atoms with Crippen molar-refractivity contribution in [2.24, 2.45) is 5.73 Å². The molecule has 21 heavy (non-hydrogen) atoms. The largest absolute Gasteiger partial charge is 0.476 e. The molecule has 0 bridgehead atoms. The first-order chi connectivity index (χ1) is 9.88. The van der Waals surface area contributed by atoms with Crippen molar-refractivity contribution in [2.75, 3.05) is 26.2 Å². The van der Waals surface area contributed by atoms with E-state index in [1.807, 2.05) is 0 Å². The van der Waals surface area contributed by atoms with Crippen molar-refractivity contribution in [1.82, 2.24) is 9.88 Å². The van der Waals surface area contributed by atoms with Crippen molar-refractivity contribution < 1.29 is 17.9 Å². The van der Waals surface area contributed by atoms with Gasteiger partial charge in [0.2, 0.25) is 5.88 Å². The highest BCUT2D eigenvalue weighted by Gasteiger charge is 2.33. The number of likely N-dealkylation sites (tertiary alicyclic amines) is 1. The first-order valence-corrected chi connectivity index (χ1v) is 7.02. The highest BCUT2D eigenvalue weighted by atomic mass is 32.1. The lowest BCUT2D eigenvalue weighted by Crippen LogP contribution is -2.26. The fraction of sp³-hybridized carbons (Fsp3) is 0.538. The summed E-state index contributed by atoms with van der Waals surface area (Å²) in [5.41, 5.74) is 4.69. The SMILES string of the molecule is NC(=S)c1ccc(C(F)(F)F)nc1OCCN1CCCC1. The summed E-state index contributed by atoms with van der Waals surface area (Å²) in [4.78, 5) is 5.65. The van der Waals surface area contributed by atoms with E-state index in [1.54, 1.807) is 0 Å². The van der Waals surface area contributed by atoms with Crippen LogP contribution in [0.2, 0.25) is 0 Å². The Bertz CT molecular complexity index is 516. The molecule has 1 saturated heterocycles. The first-order valence-electron chi connectivity index (χ1n) is 6.61. The Kier molecular flexibility index (Phi) is 5.00. The van der Waals surface area contributed by atoms with Gasteiger partial charge in [0.1, 0.15) is 17.3 Å². The van der Waals surface area contributed by atoms with Gasteiger partial charge in [-0.25, -0.2) is 4.98 Å². The van der Waals surface area contributed by atoms with E-state index >= 15 is 0 Å². The maximum absolute atomic E-state index is 12.7. The highest BCUT2D eigenvalue weighted by Crippen LogP contribution is 2.30. The molecule has 0 radical (unpaired) electrons. The van der Waals surface area contributed by atoms with Crippen molar-refractivity contribution in [1.29, 1.82) is 0 Å². The summed E-state index contributed by atoms with van der Waals surface area (Å²) in [6.07, 6.45) is -2.25. The lowest BCUT2D eigenvalue weighted by atomic mass is 10.2. The van der Waals surface area contributed by atoms with Crippen LogP contribution in [0.25, 0.3) is 0 Å². The van der Waals surface area contributed by atoms with Crippen molar-refractivity contribution in [3.8, 4) is 5.88 Å². The second-order valence-corrected chi connectivity index (χ2v) is 5.25. The van der Waals surface area contributed by atoms with Gasteiger partial charge in [0.05, 0.1) is 5.56 Å². The smallest absolute Gasteiger partial charge is 0.433 e. The summed E-state index contributed by atoms with van der Waals surface area (Å²) < 4.78 is 43.4. The van der Waals surface area contributed by atoms with E-state index in [4.69, 9.17) is 22.7 Å². The second-order valence-electron chi connectivity index (χ2n) is 4.81. The van der Waals surface area contributed by atoms with Crippen molar-refractivity contribution in [3.05, 3.63) is 23.4 Å². The molecule has 0 aliphatic carbocycles. The van der Waals surface area contributed by atoms with Gasteiger partial charge < -0.3 is 10.5 Å². The molecule has 116 valence electrons. The maximum atomic E-state index is 12.7. The van der Waals surface area contributed by atoms with Crippen molar-refractivity contribution >= 4 is 17.2 Å². The Morgan fingerprint density at radius 3 is 2.57 bits per heavy atom. The van der Waals surface area contributed by atoms with E-state index in [2.05, 4.69) is 9.88 Å². The van der Waals surface area contributed by atoms with Gasteiger partial charge in [0.25, 0.3) is 0 Å². The van der Waals surface area contributed by atoms with Crippen LogP contribution in [0.1, 0.15) is 24.1 Å². The van der Waals surface area contributed by atoms with Gasteiger partial charge in [-0.15, -0.1) is 0 Å². The number of aromatic nitrogens is 1. The minimum absolute atomic E-state index is 0.0348. The van der Waals surface area contributed by atoms with Gasteiger partial charge in [0, 0.05) is 6.54 Å². The van der Waals surface area contributed by atoms with E-state index in [1.165, 1.54) is 6.07 Å². The minimum atomic E-state index is -4.53. The number of pyridine rings is 1. The summed E-state index contributed by atoms with van der Waals surface area (Å²) in [5.74, 6) is -0.156. The molecule has 1 aromatic rings. The van der Waals surface area contributed by atoms with Crippen molar-refractivity contribution in [2.45, 2.75) is 19.0 Å². The molecular weight excluding hydrogens is 303 g/mol. The Balaban J connectivity index is 2.08. The van der Waals surface area contributed by atoms with Crippen LogP contribution in [-0.4, -0.2) is 41.1 Å². The number of nitrogens with zero attached hydrogens (tertiary/aromatic N) is 2. The molecule has 2 rings (SSSR count). The van der Waals surface area contributed by atoms with Gasteiger partial charge in [-0.2, -0.15) is 13.2 Å². The zero-order valence-electron chi connectivity index (χ0n) is 11.3. The van der Waals surface area contributed by atoms with Crippen LogP contribution < -0.4 is 10.5 Å². The Morgan fingerprint density at radius 1 is 1.33 bits per heavy atom. The second kappa shape index (κ2) is 6.57. The van der Waals surface area contributed by atoms with Crippen LogP contribution in [0.3, 0.4) is 0 Å². The zero-order chi connectivity index (χ0) is 15.5. The fourth-order valence-electron chi connectivity index (χ4n) is 2.17. The van der Waals surface area contributed by atoms with Crippen LogP contribution in [0.15, 0.2) is 12.1 Å². The molecule has 8 heteroatoms. The zero-order valence-corrected chi connectivity index (χ0v) is 12.1. The molecule has 1 aromatic heterocycles. The summed E-state index contributed by atoms with van der Waals surface area (Å²) in [6, 6.07) is 2.05. The molecule has 0 aromatic carbocycles. The predicted octanol–water partition coefficient (Wildman–Crippen LogP) is 2.21. The average Bonchev–Trinajstić information content (AvgIpc) is 2.90. The molecule has 0 amide bonds. The third-order valence-electron chi connectivity index (χ3n) is 3.26. The van der Waals surface area contributed by atoms with Gasteiger partial charge in [-0.1, -0.05) is 12.2 Å². The molecular formula is C13H16F3N3OS. The van der Waals surface area contributed by atoms with Gasteiger partial charge in [-0.3, -0.25) is 4.90 Å². The van der Waals surface area contributed by atoms with Gasteiger partial charge in [0.15, 0.2) is 0 Å². The molecule has 2 N–H and O–H groups in total. The summed E-state index contributed by atoms with van der Waals surface area (Å²) in [7, 11) is 0. The van der Waals surface area contributed by atoms with Gasteiger partial charge >= 0.3 is 6.18 Å². The van der Waals surface area contributed by atoms with E-state index in [-0.39, 0.29) is 23.0 Å². The van der Waals surface area contributed by atoms with Crippen LogP contribution in [-0.2, 0) is 6.18 Å². The summed E-state index contributed by atoms with van der Waals surface area (Å²) >= 11 is 4.81. The number of rotatable bonds is 5. The summed E-state index contributed by atoms with van der Waals surface area (Å²) in [6.45, 7) is 2.88. The first kappa shape index (κ1) is 16.0. The molecule has 0 unspecified atom stereocenters. The highest BCUT2D eigenvalue weighted by molar-refractivity contribution is 7.80. The molecule has 0 saturated carbocycles. The van der Waals surface area contributed by atoms with Crippen LogP contribution in [0.5, 0.6) is 5.88 Å². The molecule has 0 atom stereocenters. The Morgan fingerprint density at radius 2 is 2.00 bits per heavy atom. The topological polar surface area (TPSA) is 51.4 Å². The molecule has 1 aliphatic rings. The number of hydrogen-bond acceptors (Lipinski definition) is 4. The molecule has 1 fully saturated rings. The van der Waals surface area contributed by atoms with Gasteiger partial charge in [-0.05, 0) is 38.1 Å². The molecule has 1 aliphatic heterocycles. The number of ether oxygens (including phenoxy) is 1. The van der Waals surface area contributed by atoms with E-state index < -0.39 is 11.9 Å². The molecule has 2 heterocycles. The van der Waals surface area contributed by atoms with E-state index in [9.17, 15) is 13.2 Å². The van der Waals surface area contributed by atoms with E-state index in [0.717, 1.165) is 32.0 Å². The summed E-state index contributed by atoms with van der Waals surface area (Å²) in [5, 5.41) is 0. The number of thiocarbonyl (C=S) groups is 1. The monoisotopic (exact) mass is 319 g/mol. The van der Waals surface area contributed by atoms with Crippen LogP contribution in [0.4, 0.5) is 13.2 Å². The normalized spacial score (nSPS) is 16.1. The third-order valence-corrected chi connectivity index (χ3v) is 3.48. The fourth-order valence-corrected chi connectivity index (χ4v) is 2.33. The lowest BCUT2D eigenvalue weighted by Gasteiger charge is -2.16. The number of hydrogen-bond donors (Lipinski definition) is 1. The van der Waals surface area contributed by atoms with Crippen molar-refractivity contribution in [3.63, 3.8) is 0 Å². The number of nitrogens with two attached hydrogens (primary N) is 1. The molecule has 0 spiro atoms. The van der Waals surface area contributed by atoms with Crippen LogP contribution >= 0.6 is 12.2 Å². The minimum Gasteiger partial charge on any atom is -0.476 e. The maximum Gasteiger partial charge on any atom is 0.433 e. The predicted molar refractivity (Wildman–Crippen MR) is 76.3 cm³/mol. The standard InChI is InChI=1S/C13H16F3N3OS/c14-13(15,16)10-4-3-9(11(17)21)12(18-10)20-8-7-19-5-1-2-6-19/h3-4H,1-2,5-8H2,(H2,17,21). The molecule has 4 nitrogen and oxygen atoms in total. The number of alkyl halides is 3. The van der Waals surface area contributed by atoms with E-state index in [0.29, 0.717) is 6.54 Å². The average molecular weight is 319 g/mol. The Hall–Kier alpha value is -1.41. The Labute approximate surface area is 126 Å². The lowest BCUT2D eigenvalue weighted by molar-refractivity contribution is -0.141.